The fraction of sp³-hybridized carbons (Fsp3) is 0.250. The maximum atomic E-state index is 11.0. The van der Waals surface area contributed by atoms with E-state index in [9.17, 15) is 4.79 Å². The Bertz CT molecular complexity index is 538. The van der Waals surface area contributed by atoms with E-state index < -0.39 is 6.09 Å². The third-order valence-corrected chi connectivity index (χ3v) is 2.58. The highest BCUT2D eigenvalue weighted by Crippen LogP contribution is 2.18. The van der Waals surface area contributed by atoms with Crippen molar-refractivity contribution in [2.75, 3.05) is 14.2 Å². The molecule has 0 aliphatic carbocycles. The first-order valence-electron chi connectivity index (χ1n) is 5.24. The largest absolute Gasteiger partial charge is 0.453 e. The number of nitriles is 1. The zero-order valence-corrected chi connectivity index (χ0v) is 11.2. The van der Waals surface area contributed by atoms with Gasteiger partial charge in [0, 0.05) is 17.1 Å². The molecule has 0 aromatic heterocycles. The summed E-state index contributed by atoms with van der Waals surface area (Å²) in [6, 6.07) is 6.83. The number of ether oxygens (including phenoxy) is 1. The predicted octanol–water partition coefficient (Wildman–Crippen LogP) is 2.07. The molecule has 100 valence electrons. The van der Waals surface area contributed by atoms with Crippen LogP contribution in [0.1, 0.15) is 11.1 Å². The minimum absolute atomic E-state index is 0.124. The zero-order valence-electron chi connectivity index (χ0n) is 10.4. The third-order valence-electron chi connectivity index (χ3n) is 2.22. The molecule has 1 aromatic carbocycles. The Balaban J connectivity index is 2.97. The number of nitrogens with one attached hydrogen (secondary N) is 1. The van der Waals surface area contributed by atoms with E-state index in [-0.39, 0.29) is 12.3 Å². The van der Waals surface area contributed by atoms with Crippen molar-refractivity contribution in [2.45, 2.75) is 6.54 Å². The summed E-state index contributed by atoms with van der Waals surface area (Å²) in [6.07, 6.45) is -0.562. The highest BCUT2D eigenvalue weighted by Gasteiger charge is 2.09. The number of halogens is 1. The molecule has 0 fully saturated rings. The Morgan fingerprint density at radius 3 is 2.84 bits per heavy atom. The van der Waals surface area contributed by atoms with Gasteiger partial charge in [-0.3, -0.25) is 0 Å². The van der Waals surface area contributed by atoms with Crippen molar-refractivity contribution in [3.8, 4) is 6.07 Å². The maximum Gasteiger partial charge on any atom is 0.407 e. The molecule has 0 saturated carbocycles. The monoisotopic (exact) mass is 281 g/mol. The molecular formula is C12H12ClN3O3. The van der Waals surface area contributed by atoms with Crippen molar-refractivity contribution in [1.29, 1.82) is 5.26 Å². The van der Waals surface area contributed by atoms with Crippen LogP contribution < -0.4 is 5.32 Å². The van der Waals surface area contributed by atoms with Crippen molar-refractivity contribution in [3.05, 3.63) is 34.3 Å². The summed E-state index contributed by atoms with van der Waals surface area (Å²) in [7, 11) is 2.62. The lowest BCUT2D eigenvalue weighted by Crippen LogP contribution is -2.22. The quantitative estimate of drug-likeness (QED) is 0.676. The van der Waals surface area contributed by atoms with E-state index >= 15 is 0 Å². The molecule has 0 spiro atoms. The van der Waals surface area contributed by atoms with Crippen molar-refractivity contribution in [2.24, 2.45) is 5.16 Å². The Hall–Kier alpha value is -2.26. The summed E-state index contributed by atoms with van der Waals surface area (Å²) in [5.74, 6) is 0. The Labute approximate surface area is 115 Å². The van der Waals surface area contributed by atoms with Gasteiger partial charge in [0.2, 0.25) is 0 Å². The van der Waals surface area contributed by atoms with Crippen LogP contribution in [0.25, 0.3) is 0 Å². The lowest BCUT2D eigenvalue weighted by Gasteiger charge is -2.07. The second-order valence-electron chi connectivity index (χ2n) is 3.39. The molecule has 0 radical (unpaired) electrons. The molecule has 7 heteroatoms. The van der Waals surface area contributed by atoms with E-state index in [1.54, 1.807) is 18.2 Å². The van der Waals surface area contributed by atoms with Gasteiger partial charge < -0.3 is 14.9 Å². The summed E-state index contributed by atoms with van der Waals surface area (Å²) >= 11 is 6.00. The molecule has 0 aliphatic heterocycles. The molecule has 0 bridgehead atoms. The van der Waals surface area contributed by atoms with Gasteiger partial charge in [-0.25, -0.2) is 4.79 Å². The molecule has 0 heterocycles. The molecule has 1 rings (SSSR count). The van der Waals surface area contributed by atoms with E-state index in [2.05, 4.69) is 20.0 Å². The van der Waals surface area contributed by atoms with Crippen molar-refractivity contribution < 1.29 is 14.4 Å². The molecule has 6 nitrogen and oxygen atoms in total. The van der Waals surface area contributed by atoms with E-state index in [1.165, 1.54) is 14.2 Å². The Morgan fingerprint density at radius 2 is 2.26 bits per heavy atom. The highest BCUT2D eigenvalue weighted by atomic mass is 35.5. The van der Waals surface area contributed by atoms with Crippen LogP contribution in [-0.2, 0) is 16.1 Å². The summed E-state index contributed by atoms with van der Waals surface area (Å²) < 4.78 is 4.46. The lowest BCUT2D eigenvalue weighted by molar-refractivity contribution is 0.170. The lowest BCUT2D eigenvalue weighted by atomic mass is 10.1. The summed E-state index contributed by atoms with van der Waals surface area (Å²) in [5, 5.41) is 15.5. The van der Waals surface area contributed by atoms with Gasteiger partial charge in [-0.2, -0.15) is 5.26 Å². The Kier molecular flexibility index (Phi) is 5.64. The van der Waals surface area contributed by atoms with Gasteiger partial charge in [-0.15, -0.1) is 0 Å². The fourth-order valence-electron chi connectivity index (χ4n) is 1.33. The third kappa shape index (κ3) is 4.16. The van der Waals surface area contributed by atoms with Gasteiger partial charge >= 0.3 is 6.09 Å². The van der Waals surface area contributed by atoms with Crippen molar-refractivity contribution in [3.63, 3.8) is 0 Å². The van der Waals surface area contributed by atoms with E-state index in [4.69, 9.17) is 16.9 Å². The number of rotatable bonds is 4. The molecule has 19 heavy (non-hydrogen) atoms. The number of hydrogen-bond acceptors (Lipinski definition) is 5. The minimum Gasteiger partial charge on any atom is -0.453 e. The molecule has 1 aromatic rings. The molecule has 0 atom stereocenters. The topological polar surface area (TPSA) is 83.7 Å². The van der Waals surface area contributed by atoms with Gasteiger partial charge in [-0.1, -0.05) is 22.8 Å². The molecule has 0 unspecified atom stereocenters. The number of benzene rings is 1. The van der Waals surface area contributed by atoms with Gasteiger partial charge in [-0.05, 0) is 17.7 Å². The van der Waals surface area contributed by atoms with E-state index in [0.29, 0.717) is 16.1 Å². The van der Waals surface area contributed by atoms with Crippen molar-refractivity contribution in [1.82, 2.24) is 5.32 Å². The summed E-state index contributed by atoms with van der Waals surface area (Å²) in [6.45, 7) is 0.186. The predicted molar refractivity (Wildman–Crippen MR) is 69.9 cm³/mol. The van der Waals surface area contributed by atoms with Crippen molar-refractivity contribution >= 4 is 23.4 Å². The molecule has 0 saturated heterocycles. The van der Waals surface area contributed by atoms with Crippen LogP contribution in [0.5, 0.6) is 0 Å². The van der Waals surface area contributed by atoms with Crippen LogP contribution >= 0.6 is 11.6 Å². The van der Waals surface area contributed by atoms with E-state index in [0.717, 1.165) is 0 Å². The zero-order chi connectivity index (χ0) is 14.3. The van der Waals surface area contributed by atoms with Crippen LogP contribution in [0.3, 0.4) is 0 Å². The van der Waals surface area contributed by atoms with Crippen LogP contribution in [0.2, 0.25) is 5.02 Å². The fourth-order valence-corrected chi connectivity index (χ4v) is 1.51. The highest BCUT2D eigenvalue weighted by molar-refractivity contribution is 6.31. The molecule has 1 N–H and O–H groups in total. The van der Waals surface area contributed by atoms with E-state index in [1.807, 2.05) is 6.07 Å². The van der Waals surface area contributed by atoms with Crippen LogP contribution in [0.15, 0.2) is 23.4 Å². The number of oxime groups is 1. The first-order valence-corrected chi connectivity index (χ1v) is 5.62. The first kappa shape index (κ1) is 14.8. The van der Waals surface area contributed by atoms with Crippen LogP contribution in [0.4, 0.5) is 4.79 Å². The van der Waals surface area contributed by atoms with Gasteiger partial charge in [0.25, 0.3) is 0 Å². The summed E-state index contributed by atoms with van der Waals surface area (Å²) in [5.41, 5.74) is 1.32. The first-order chi connectivity index (χ1) is 9.12. The Morgan fingerprint density at radius 1 is 1.53 bits per heavy atom. The average Bonchev–Trinajstić information content (AvgIpc) is 2.43. The number of carbonyl (C=O) groups is 1. The van der Waals surface area contributed by atoms with Crippen LogP contribution in [-0.4, -0.2) is 26.0 Å². The minimum atomic E-state index is -0.562. The number of amides is 1. The number of methoxy groups -OCH3 is 1. The van der Waals surface area contributed by atoms with Gasteiger partial charge in [0.15, 0.2) is 5.71 Å². The smallest absolute Gasteiger partial charge is 0.407 e. The number of nitrogens with zero attached hydrogens (tertiary/aromatic N) is 2. The average molecular weight is 282 g/mol. The SMILES string of the molecule is CON=C(C#N)c1ccc(Cl)c(CNC(=O)OC)c1. The number of alkyl carbamates (subject to hydrolysis) is 1. The molecule has 0 aliphatic rings. The second kappa shape index (κ2) is 7.24. The normalized spacial score (nSPS) is 10.5. The standard InChI is InChI=1S/C12H12ClN3O3/c1-18-12(17)15-7-9-5-8(3-4-10(9)13)11(6-14)16-19-2/h3-5H,7H2,1-2H3,(H,15,17). The number of hydrogen-bond donors (Lipinski definition) is 1. The molecule has 1 amide bonds. The molecular weight excluding hydrogens is 270 g/mol. The van der Waals surface area contributed by atoms with Gasteiger partial charge in [0.05, 0.1) is 7.11 Å². The van der Waals surface area contributed by atoms with Crippen LogP contribution in [0, 0.1) is 11.3 Å². The maximum absolute atomic E-state index is 11.0. The second-order valence-corrected chi connectivity index (χ2v) is 3.79. The number of carbonyl (C=O) groups excluding carboxylic acids is 1. The van der Waals surface area contributed by atoms with Gasteiger partial charge in [0.1, 0.15) is 13.2 Å². The summed E-state index contributed by atoms with van der Waals surface area (Å²) in [4.78, 5) is 15.6.